The zero-order valence-electron chi connectivity index (χ0n) is 12.0. The van der Waals surface area contributed by atoms with E-state index in [2.05, 4.69) is 29.1 Å². The molecule has 5 saturated carbocycles. The largest absolute Gasteiger partial charge is 0.299 e. The summed E-state index contributed by atoms with van der Waals surface area (Å²) in [7, 11) is 2.38. The fourth-order valence-electron chi connectivity index (χ4n) is 7.90. The predicted molar refractivity (Wildman–Crippen MR) is 76.6 cm³/mol. The second-order valence-corrected chi connectivity index (χ2v) is 8.20. The molecule has 5 fully saturated rings. The van der Waals surface area contributed by atoms with Gasteiger partial charge in [0.1, 0.15) is 0 Å². The highest BCUT2D eigenvalue weighted by molar-refractivity contribution is 5.29. The molecular formula is C18H22N2. The highest BCUT2D eigenvalue weighted by atomic mass is 15.2. The van der Waals surface area contributed by atoms with Gasteiger partial charge in [0, 0.05) is 25.0 Å². The molecule has 20 heavy (non-hydrogen) atoms. The number of pyridine rings is 1. The van der Waals surface area contributed by atoms with Crippen molar-refractivity contribution in [1.29, 1.82) is 0 Å². The maximum atomic E-state index is 4.28. The van der Waals surface area contributed by atoms with Crippen LogP contribution in [0.5, 0.6) is 0 Å². The van der Waals surface area contributed by atoms with Crippen LogP contribution in [-0.2, 0) is 6.54 Å². The third-order valence-electron chi connectivity index (χ3n) is 7.95. The highest BCUT2D eigenvalue weighted by Crippen LogP contribution is 2.83. The van der Waals surface area contributed by atoms with E-state index in [1.54, 1.807) is 12.8 Å². The van der Waals surface area contributed by atoms with Crippen LogP contribution in [0.25, 0.3) is 0 Å². The number of fused-ring (bicyclic) bond motifs is 2. The molecule has 1 aromatic rings. The summed E-state index contributed by atoms with van der Waals surface area (Å²) in [5, 5.41) is 0. The van der Waals surface area contributed by atoms with Gasteiger partial charge in [-0.3, -0.25) is 9.88 Å². The van der Waals surface area contributed by atoms with Crippen molar-refractivity contribution in [1.82, 2.24) is 9.88 Å². The molecule has 0 aliphatic heterocycles. The molecule has 8 unspecified atom stereocenters. The van der Waals surface area contributed by atoms with Gasteiger partial charge in [0.05, 0.1) is 0 Å². The van der Waals surface area contributed by atoms with E-state index in [4.69, 9.17) is 0 Å². The van der Waals surface area contributed by atoms with Crippen LogP contribution in [0.2, 0.25) is 0 Å². The molecule has 2 bridgehead atoms. The molecular weight excluding hydrogens is 244 g/mol. The van der Waals surface area contributed by atoms with Gasteiger partial charge in [-0.15, -0.1) is 0 Å². The number of aromatic nitrogens is 1. The van der Waals surface area contributed by atoms with Crippen LogP contribution < -0.4 is 0 Å². The number of hydrogen-bond donors (Lipinski definition) is 0. The Labute approximate surface area is 120 Å². The molecule has 0 aromatic carbocycles. The number of hydrogen-bond acceptors (Lipinski definition) is 2. The van der Waals surface area contributed by atoms with E-state index < -0.39 is 0 Å². The molecule has 0 amide bonds. The van der Waals surface area contributed by atoms with Crippen molar-refractivity contribution in [3.8, 4) is 0 Å². The van der Waals surface area contributed by atoms with Gasteiger partial charge in [0.25, 0.3) is 0 Å². The van der Waals surface area contributed by atoms with Crippen molar-refractivity contribution < 1.29 is 0 Å². The Morgan fingerprint density at radius 1 is 1.05 bits per heavy atom. The highest BCUT2D eigenvalue weighted by Gasteiger charge is 2.80. The Kier molecular flexibility index (Phi) is 1.78. The van der Waals surface area contributed by atoms with Gasteiger partial charge >= 0.3 is 0 Å². The molecule has 6 rings (SSSR count). The molecule has 0 N–H and O–H groups in total. The first kappa shape index (κ1) is 10.8. The quantitative estimate of drug-likeness (QED) is 0.836. The van der Waals surface area contributed by atoms with Crippen LogP contribution in [0.1, 0.15) is 18.4 Å². The molecule has 2 nitrogen and oxygen atoms in total. The van der Waals surface area contributed by atoms with Crippen molar-refractivity contribution in [3.63, 3.8) is 0 Å². The lowest BCUT2D eigenvalue weighted by molar-refractivity contribution is -0.0220. The van der Waals surface area contributed by atoms with Crippen LogP contribution in [0.4, 0.5) is 0 Å². The van der Waals surface area contributed by atoms with Gasteiger partial charge in [-0.05, 0) is 78.9 Å². The average molecular weight is 266 g/mol. The summed E-state index contributed by atoms with van der Waals surface area (Å²) < 4.78 is 0. The summed E-state index contributed by atoms with van der Waals surface area (Å²) in [6.07, 6.45) is 7.14. The topological polar surface area (TPSA) is 16.1 Å². The van der Waals surface area contributed by atoms with Gasteiger partial charge in [0.2, 0.25) is 0 Å². The minimum atomic E-state index is 0.901. The van der Waals surface area contributed by atoms with Crippen LogP contribution >= 0.6 is 0 Å². The number of nitrogens with zero attached hydrogens (tertiary/aromatic N) is 2. The van der Waals surface area contributed by atoms with E-state index >= 15 is 0 Å². The van der Waals surface area contributed by atoms with E-state index in [9.17, 15) is 0 Å². The van der Waals surface area contributed by atoms with Crippen molar-refractivity contribution in [3.05, 3.63) is 30.1 Å². The normalized spacial score (nSPS) is 56.0. The third kappa shape index (κ3) is 0.986. The van der Waals surface area contributed by atoms with E-state index in [0.29, 0.717) is 0 Å². The fourth-order valence-corrected chi connectivity index (χ4v) is 7.90. The smallest absolute Gasteiger partial charge is 0.0312 e. The summed E-state index contributed by atoms with van der Waals surface area (Å²) in [5.41, 5.74) is 1.38. The molecule has 1 aromatic heterocycles. The minimum Gasteiger partial charge on any atom is -0.299 e. The third-order valence-corrected chi connectivity index (χ3v) is 7.95. The Morgan fingerprint density at radius 3 is 2.65 bits per heavy atom. The molecule has 5 aliphatic carbocycles. The predicted octanol–water partition coefficient (Wildman–Crippen LogP) is 2.66. The first-order chi connectivity index (χ1) is 9.84. The summed E-state index contributed by atoms with van der Waals surface area (Å²) in [5.74, 6) is 8.99. The maximum Gasteiger partial charge on any atom is 0.0312 e. The number of rotatable bonds is 3. The van der Waals surface area contributed by atoms with E-state index in [1.165, 1.54) is 11.5 Å². The molecule has 0 radical (unpaired) electrons. The summed E-state index contributed by atoms with van der Waals surface area (Å²) in [6.45, 7) is 1.10. The molecule has 0 spiro atoms. The fraction of sp³-hybridized carbons (Fsp3) is 0.722. The Hall–Kier alpha value is -0.890. The van der Waals surface area contributed by atoms with Gasteiger partial charge < -0.3 is 0 Å². The molecule has 1 heterocycles. The summed E-state index contributed by atoms with van der Waals surface area (Å²) in [6, 6.07) is 5.21. The Balaban J connectivity index is 1.33. The van der Waals surface area contributed by atoms with Gasteiger partial charge in [-0.2, -0.15) is 0 Å². The van der Waals surface area contributed by atoms with Gasteiger partial charge in [-0.25, -0.2) is 0 Å². The molecule has 2 heteroatoms. The molecule has 104 valence electrons. The average Bonchev–Trinajstić information content (AvgIpc) is 2.98. The standard InChI is InChI=1S/C18H22N2/c1-20(8-9-3-2-4-19-7-9)18-15-11-6-12-14-10(11)5-13(15)16(14)17(12)18/h2-4,7,10-18H,5-6,8H2,1H3/t10?,11?,12?,13?,14?,15?,16?,17?,18-/m0/s1. The van der Waals surface area contributed by atoms with Crippen LogP contribution in [0.3, 0.4) is 0 Å². The van der Waals surface area contributed by atoms with Crippen molar-refractivity contribution in [2.75, 3.05) is 7.05 Å². The molecule has 9 atom stereocenters. The second-order valence-electron chi connectivity index (χ2n) is 8.20. The lowest BCUT2D eigenvalue weighted by Gasteiger charge is -2.50. The second kappa shape index (κ2) is 3.30. The summed E-state index contributed by atoms with van der Waals surface area (Å²) >= 11 is 0. The van der Waals surface area contributed by atoms with Crippen LogP contribution in [-0.4, -0.2) is 23.0 Å². The first-order valence-electron chi connectivity index (χ1n) is 8.44. The Morgan fingerprint density at radius 2 is 1.85 bits per heavy atom. The summed E-state index contributed by atoms with van der Waals surface area (Å²) in [4.78, 5) is 6.98. The molecule has 5 aliphatic rings. The van der Waals surface area contributed by atoms with Crippen LogP contribution in [0.15, 0.2) is 24.5 Å². The van der Waals surface area contributed by atoms with Crippen molar-refractivity contribution in [2.45, 2.75) is 25.4 Å². The van der Waals surface area contributed by atoms with Crippen molar-refractivity contribution in [2.24, 2.45) is 47.3 Å². The van der Waals surface area contributed by atoms with E-state index in [1.807, 2.05) is 12.4 Å². The van der Waals surface area contributed by atoms with Gasteiger partial charge in [0.15, 0.2) is 0 Å². The van der Waals surface area contributed by atoms with E-state index in [0.717, 1.165) is 54.0 Å². The van der Waals surface area contributed by atoms with Crippen molar-refractivity contribution >= 4 is 0 Å². The SMILES string of the molecule is CN(Cc1cccnc1)[C@H]1C2C3CC4C5C3CC2C5C41. The minimum absolute atomic E-state index is 0.901. The monoisotopic (exact) mass is 266 g/mol. The maximum absolute atomic E-state index is 4.28. The Bertz CT molecular complexity index is 564. The zero-order valence-corrected chi connectivity index (χ0v) is 12.0. The molecule has 0 saturated heterocycles. The first-order valence-corrected chi connectivity index (χ1v) is 8.44. The lowest BCUT2D eigenvalue weighted by atomic mass is 9.58. The zero-order chi connectivity index (χ0) is 13.0. The van der Waals surface area contributed by atoms with E-state index in [-0.39, 0.29) is 0 Å². The van der Waals surface area contributed by atoms with Gasteiger partial charge in [-0.1, -0.05) is 6.07 Å². The van der Waals surface area contributed by atoms with Crippen LogP contribution in [0, 0.1) is 47.3 Å². The lowest BCUT2D eigenvalue weighted by Crippen LogP contribution is -2.51.